The maximum Gasteiger partial charge on any atom is 0.261 e. The fraction of sp³-hybridized carbons (Fsp3) is 0.125. The van der Waals surface area contributed by atoms with E-state index < -0.39 is 0 Å². The van der Waals surface area contributed by atoms with Crippen LogP contribution in [0.1, 0.15) is 10.4 Å². The van der Waals surface area contributed by atoms with Crippen molar-refractivity contribution in [3.8, 4) is 0 Å². The number of hydrogen-bond donors (Lipinski definition) is 1. The van der Waals surface area contributed by atoms with Gasteiger partial charge in [-0.2, -0.15) is 0 Å². The molecule has 4 heteroatoms. The molecule has 0 saturated heterocycles. The smallest absolute Gasteiger partial charge is 0.261 e. The summed E-state index contributed by atoms with van der Waals surface area (Å²) in [4.78, 5) is 11.2. The predicted molar refractivity (Wildman–Crippen MR) is 52.2 cm³/mol. The van der Waals surface area contributed by atoms with Gasteiger partial charge in [0.25, 0.3) is 5.91 Å². The van der Waals surface area contributed by atoms with Crippen molar-refractivity contribution in [3.05, 3.63) is 35.9 Å². The fourth-order valence-corrected chi connectivity index (χ4v) is 1.21. The minimum atomic E-state index is -0.110. The Labute approximate surface area is 80.4 Å². The summed E-state index contributed by atoms with van der Waals surface area (Å²) in [6, 6.07) is 9.01. The van der Waals surface area contributed by atoms with Gasteiger partial charge < -0.3 is 0 Å². The zero-order chi connectivity index (χ0) is 8.81. The van der Waals surface area contributed by atoms with E-state index in [4.69, 9.17) is 11.6 Å². The van der Waals surface area contributed by atoms with E-state index in [0.717, 1.165) is 0 Å². The van der Waals surface area contributed by atoms with Gasteiger partial charge in [-0.1, -0.05) is 18.2 Å². The quantitative estimate of drug-likeness (QED) is 0.601. The van der Waals surface area contributed by atoms with Crippen molar-refractivity contribution in [1.29, 1.82) is 0 Å². The van der Waals surface area contributed by atoms with Crippen LogP contribution in [0, 0.1) is 0 Å². The number of halogens is 1. The number of hydrogen-bond acceptors (Lipinski definition) is 2. The Morgan fingerprint density at radius 2 is 2.08 bits per heavy atom. The predicted octanol–water partition coefficient (Wildman–Crippen LogP) is 2.26. The van der Waals surface area contributed by atoms with Gasteiger partial charge in [-0.25, -0.2) is 0 Å². The molecular formula is C8H8ClNOS. The van der Waals surface area contributed by atoms with Gasteiger partial charge in [-0.3, -0.25) is 9.52 Å². The molecule has 0 aliphatic rings. The second-order valence-electron chi connectivity index (χ2n) is 2.05. The highest BCUT2D eigenvalue weighted by Crippen LogP contribution is 2.02. The van der Waals surface area contributed by atoms with Crippen LogP contribution in [0.4, 0.5) is 0 Å². The Hall–Kier alpha value is -0.670. The first-order valence-electron chi connectivity index (χ1n) is 3.37. The molecule has 0 atom stereocenters. The molecule has 1 rings (SSSR count). The van der Waals surface area contributed by atoms with E-state index in [1.807, 2.05) is 18.2 Å². The van der Waals surface area contributed by atoms with E-state index in [-0.39, 0.29) is 5.91 Å². The van der Waals surface area contributed by atoms with Gasteiger partial charge in [0.1, 0.15) is 0 Å². The lowest BCUT2D eigenvalue weighted by molar-refractivity contribution is 0.0984. The highest BCUT2D eigenvalue weighted by atomic mass is 35.5. The lowest BCUT2D eigenvalue weighted by Gasteiger charge is -2.00. The van der Waals surface area contributed by atoms with Crippen LogP contribution in [0.15, 0.2) is 30.3 Å². The molecule has 1 aromatic rings. The Morgan fingerprint density at radius 3 is 2.67 bits per heavy atom. The van der Waals surface area contributed by atoms with Crippen LogP contribution >= 0.6 is 23.5 Å². The van der Waals surface area contributed by atoms with Crippen molar-refractivity contribution in [2.75, 3.05) is 5.21 Å². The monoisotopic (exact) mass is 201 g/mol. The lowest BCUT2D eigenvalue weighted by Crippen LogP contribution is -2.15. The molecule has 1 aromatic carbocycles. The summed E-state index contributed by atoms with van der Waals surface area (Å²) in [6.07, 6.45) is 0. The van der Waals surface area contributed by atoms with Crippen molar-refractivity contribution < 1.29 is 4.79 Å². The zero-order valence-corrected chi connectivity index (χ0v) is 7.86. The minimum absolute atomic E-state index is 0.110. The number of rotatable bonds is 3. The summed E-state index contributed by atoms with van der Waals surface area (Å²) in [7, 11) is 0. The first kappa shape index (κ1) is 9.42. The largest absolute Gasteiger partial charge is 0.295 e. The molecule has 2 nitrogen and oxygen atoms in total. The minimum Gasteiger partial charge on any atom is -0.295 e. The molecule has 1 N–H and O–H groups in total. The van der Waals surface area contributed by atoms with Crippen LogP contribution in [-0.4, -0.2) is 11.1 Å². The highest BCUT2D eigenvalue weighted by Gasteiger charge is 2.01. The molecule has 1 amide bonds. The van der Waals surface area contributed by atoms with Crippen LogP contribution in [0.3, 0.4) is 0 Å². The summed E-state index contributed by atoms with van der Waals surface area (Å²) >= 11 is 6.56. The van der Waals surface area contributed by atoms with Crippen LogP contribution in [0.2, 0.25) is 0 Å². The van der Waals surface area contributed by atoms with Crippen molar-refractivity contribution in [1.82, 2.24) is 4.72 Å². The number of alkyl halides is 1. The average molecular weight is 202 g/mol. The molecule has 0 unspecified atom stereocenters. The second kappa shape index (κ2) is 5.06. The van der Waals surface area contributed by atoms with Gasteiger partial charge in [-0.15, -0.1) is 11.6 Å². The van der Waals surface area contributed by atoms with E-state index >= 15 is 0 Å². The van der Waals surface area contributed by atoms with Gasteiger partial charge in [-0.05, 0) is 24.1 Å². The summed E-state index contributed by atoms with van der Waals surface area (Å²) < 4.78 is 2.59. The Bertz CT molecular complexity index is 252. The topological polar surface area (TPSA) is 29.1 Å². The van der Waals surface area contributed by atoms with Crippen LogP contribution in [0.5, 0.6) is 0 Å². The van der Waals surface area contributed by atoms with E-state index in [2.05, 4.69) is 4.72 Å². The molecule has 0 aliphatic carbocycles. The van der Waals surface area contributed by atoms with Gasteiger partial charge in [0.15, 0.2) is 0 Å². The molecule has 0 aromatic heterocycles. The molecule has 64 valence electrons. The number of carbonyl (C=O) groups excluding carboxylic acids is 1. The molecule has 12 heavy (non-hydrogen) atoms. The molecule has 0 aliphatic heterocycles. The maximum atomic E-state index is 11.2. The number of nitrogens with one attached hydrogen (secondary N) is 1. The first-order chi connectivity index (χ1) is 5.84. The summed E-state index contributed by atoms with van der Waals surface area (Å²) in [5.74, 6) is -0.110. The Kier molecular flexibility index (Phi) is 3.97. The molecule has 0 spiro atoms. The highest BCUT2D eigenvalue weighted by molar-refractivity contribution is 7.99. The van der Waals surface area contributed by atoms with Crippen molar-refractivity contribution in [3.63, 3.8) is 0 Å². The van der Waals surface area contributed by atoms with Gasteiger partial charge in [0.05, 0.1) is 5.21 Å². The third-order valence-electron chi connectivity index (χ3n) is 1.26. The van der Waals surface area contributed by atoms with E-state index in [1.54, 1.807) is 12.1 Å². The van der Waals surface area contributed by atoms with Crippen LogP contribution in [-0.2, 0) is 0 Å². The van der Waals surface area contributed by atoms with Crippen LogP contribution < -0.4 is 4.72 Å². The summed E-state index contributed by atoms with van der Waals surface area (Å²) in [5, 5.41) is 0.360. The van der Waals surface area contributed by atoms with Gasteiger partial charge in [0, 0.05) is 5.56 Å². The van der Waals surface area contributed by atoms with Crippen molar-refractivity contribution in [2.24, 2.45) is 0 Å². The molecule has 0 radical (unpaired) electrons. The molecule has 0 fully saturated rings. The van der Waals surface area contributed by atoms with E-state index in [9.17, 15) is 4.79 Å². The average Bonchev–Trinajstić information content (AvgIpc) is 2.15. The third kappa shape index (κ3) is 2.75. The molecule has 0 bridgehead atoms. The second-order valence-corrected chi connectivity index (χ2v) is 3.42. The van der Waals surface area contributed by atoms with Crippen molar-refractivity contribution in [2.45, 2.75) is 0 Å². The van der Waals surface area contributed by atoms with Gasteiger partial charge in [0.2, 0.25) is 0 Å². The third-order valence-corrected chi connectivity index (χ3v) is 2.02. The molecular weight excluding hydrogens is 194 g/mol. The number of carbonyl (C=O) groups is 1. The van der Waals surface area contributed by atoms with Crippen molar-refractivity contribution >= 4 is 29.5 Å². The number of benzene rings is 1. The first-order valence-corrected chi connectivity index (χ1v) is 4.89. The van der Waals surface area contributed by atoms with Gasteiger partial charge >= 0.3 is 0 Å². The van der Waals surface area contributed by atoms with E-state index in [0.29, 0.717) is 10.8 Å². The Morgan fingerprint density at radius 1 is 1.42 bits per heavy atom. The summed E-state index contributed by atoms with van der Waals surface area (Å²) in [6.45, 7) is 0. The molecule has 0 saturated carbocycles. The standard InChI is InChI=1S/C8H8ClNOS/c9-6-12-10-8(11)7-4-2-1-3-5-7/h1-5H,6H2,(H,10,11). The normalized spacial score (nSPS) is 9.42. The Balaban J connectivity index is 2.54. The zero-order valence-electron chi connectivity index (χ0n) is 6.29. The fourth-order valence-electron chi connectivity index (χ4n) is 0.741. The SMILES string of the molecule is O=C(NSCCl)c1ccccc1. The lowest BCUT2D eigenvalue weighted by atomic mass is 10.2. The number of amides is 1. The molecule has 0 heterocycles. The van der Waals surface area contributed by atoms with E-state index in [1.165, 1.54) is 11.9 Å². The maximum absolute atomic E-state index is 11.2. The van der Waals surface area contributed by atoms with Crippen LogP contribution in [0.25, 0.3) is 0 Å². The summed E-state index contributed by atoms with van der Waals surface area (Å²) in [5.41, 5.74) is 0.648.